The van der Waals surface area contributed by atoms with E-state index in [4.69, 9.17) is 23.8 Å². The molecule has 3 N–H and O–H groups in total. The van der Waals surface area contributed by atoms with Crippen LogP contribution in [0.5, 0.6) is 0 Å². The highest BCUT2D eigenvalue weighted by Gasteiger charge is 2.11. The van der Waals surface area contributed by atoms with Gasteiger partial charge in [0, 0.05) is 33.1 Å². The molecular formula is C21H15BrClN5OS. The van der Waals surface area contributed by atoms with E-state index in [1.165, 1.54) is 6.20 Å². The number of benzene rings is 2. The number of fused-ring (bicyclic) bond motifs is 1. The van der Waals surface area contributed by atoms with E-state index in [1.807, 2.05) is 43.3 Å². The van der Waals surface area contributed by atoms with Crippen molar-refractivity contribution in [3.8, 4) is 11.4 Å². The number of thiocarbonyl (C=S) groups is 1. The van der Waals surface area contributed by atoms with E-state index >= 15 is 0 Å². The molecule has 6 nitrogen and oxygen atoms in total. The minimum atomic E-state index is -0.345. The van der Waals surface area contributed by atoms with Gasteiger partial charge in [-0.25, -0.2) is 4.98 Å². The molecule has 2 aromatic heterocycles. The highest BCUT2D eigenvalue weighted by molar-refractivity contribution is 9.10. The van der Waals surface area contributed by atoms with Gasteiger partial charge in [0.15, 0.2) is 5.11 Å². The molecule has 0 atom stereocenters. The molecule has 4 aromatic rings. The molecule has 150 valence electrons. The fourth-order valence-corrected chi connectivity index (χ4v) is 3.63. The van der Waals surface area contributed by atoms with Crippen molar-refractivity contribution in [1.82, 2.24) is 20.3 Å². The van der Waals surface area contributed by atoms with E-state index in [0.29, 0.717) is 20.9 Å². The van der Waals surface area contributed by atoms with Crippen LogP contribution >= 0.6 is 39.7 Å². The van der Waals surface area contributed by atoms with Crippen molar-refractivity contribution in [3.05, 3.63) is 75.5 Å². The van der Waals surface area contributed by atoms with Gasteiger partial charge in [-0.1, -0.05) is 23.7 Å². The first-order valence-electron chi connectivity index (χ1n) is 8.88. The zero-order valence-electron chi connectivity index (χ0n) is 15.7. The van der Waals surface area contributed by atoms with Crippen LogP contribution in [0.1, 0.15) is 15.9 Å². The Morgan fingerprint density at radius 3 is 2.83 bits per heavy atom. The fraction of sp³-hybridized carbons (Fsp3) is 0.0476. The summed E-state index contributed by atoms with van der Waals surface area (Å²) in [7, 11) is 0. The number of rotatable bonds is 3. The molecule has 2 heterocycles. The van der Waals surface area contributed by atoms with Gasteiger partial charge in [0.1, 0.15) is 5.82 Å². The molecule has 1 amide bonds. The van der Waals surface area contributed by atoms with Gasteiger partial charge in [-0.3, -0.25) is 15.1 Å². The number of hydrogen-bond acceptors (Lipinski definition) is 4. The second kappa shape index (κ2) is 8.51. The third kappa shape index (κ3) is 4.51. The molecule has 0 aliphatic heterocycles. The van der Waals surface area contributed by atoms with Crippen LogP contribution in [-0.2, 0) is 0 Å². The molecule has 0 fully saturated rings. The highest BCUT2D eigenvalue weighted by atomic mass is 79.9. The van der Waals surface area contributed by atoms with Crippen molar-refractivity contribution in [2.75, 3.05) is 5.32 Å². The number of aromatic amines is 1. The van der Waals surface area contributed by atoms with E-state index in [1.54, 1.807) is 12.3 Å². The number of imidazole rings is 1. The maximum Gasteiger partial charge on any atom is 0.259 e. The summed E-state index contributed by atoms with van der Waals surface area (Å²) in [4.78, 5) is 24.2. The largest absolute Gasteiger partial charge is 0.338 e. The van der Waals surface area contributed by atoms with E-state index in [-0.39, 0.29) is 11.0 Å². The maximum atomic E-state index is 12.3. The van der Waals surface area contributed by atoms with Crippen molar-refractivity contribution < 1.29 is 4.79 Å². The van der Waals surface area contributed by atoms with Gasteiger partial charge in [-0.2, -0.15) is 0 Å². The molecule has 2 aromatic carbocycles. The molecule has 0 unspecified atom stereocenters. The SMILES string of the molecule is Cc1cc2[nH]c(-c3cccc(NC(=S)NC(=O)c4cncc(Br)c4)c3)nc2cc1Cl. The number of aromatic nitrogens is 3. The van der Waals surface area contributed by atoms with Crippen LogP contribution in [0.4, 0.5) is 5.69 Å². The molecule has 0 saturated heterocycles. The number of aryl methyl sites for hydroxylation is 1. The van der Waals surface area contributed by atoms with Crippen LogP contribution in [-0.4, -0.2) is 26.0 Å². The third-order valence-electron chi connectivity index (χ3n) is 4.35. The Kier molecular flexibility index (Phi) is 5.80. The Morgan fingerprint density at radius 2 is 2.03 bits per heavy atom. The molecule has 0 aliphatic carbocycles. The van der Waals surface area contributed by atoms with E-state index in [2.05, 4.69) is 41.5 Å². The average molecular weight is 501 g/mol. The Labute approximate surface area is 191 Å². The number of nitrogens with one attached hydrogen (secondary N) is 3. The Hall–Kier alpha value is -2.81. The second-order valence-corrected chi connectivity index (χ2v) is 8.32. The van der Waals surface area contributed by atoms with Gasteiger partial charge >= 0.3 is 0 Å². The lowest BCUT2D eigenvalue weighted by Gasteiger charge is -2.10. The number of amides is 1. The van der Waals surface area contributed by atoms with Gasteiger partial charge in [-0.05, 0) is 71.0 Å². The summed E-state index contributed by atoms with van der Waals surface area (Å²) >= 11 is 14.8. The van der Waals surface area contributed by atoms with Crippen LogP contribution < -0.4 is 10.6 Å². The topological polar surface area (TPSA) is 82.7 Å². The van der Waals surface area contributed by atoms with Gasteiger partial charge in [0.25, 0.3) is 5.91 Å². The first kappa shape index (κ1) is 20.5. The molecule has 0 saturated carbocycles. The zero-order valence-corrected chi connectivity index (χ0v) is 18.8. The predicted octanol–water partition coefficient (Wildman–Crippen LogP) is 5.48. The van der Waals surface area contributed by atoms with Crippen LogP contribution in [0.3, 0.4) is 0 Å². The summed E-state index contributed by atoms with van der Waals surface area (Å²) in [5.41, 5.74) is 4.69. The lowest BCUT2D eigenvalue weighted by molar-refractivity contribution is 0.0977. The number of carbonyl (C=O) groups excluding carboxylic acids is 1. The van der Waals surface area contributed by atoms with Gasteiger partial charge in [0.05, 0.1) is 16.6 Å². The lowest BCUT2D eigenvalue weighted by Crippen LogP contribution is -2.34. The highest BCUT2D eigenvalue weighted by Crippen LogP contribution is 2.26. The van der Waals surface area contributed by atoms with Gasteiger partial charge < -0.3 is 10.3 Å². The first-order valence-corrected chi connectivity index (χ1v) is 10.5. The molecule has 30 heavy (non-hydrogen) atoms. The average Bonchev–Trinajstić information content (AvgIpc) is 3.11. The van der Waals surface area contributed by atoms with Crippen LogP contribution in [0.25, 0.3) is 22.4 Å². The van der Waals surface area contributed by atoms with Crippen molar-refractivity contribution >= 4 is 67.5 Å². The number of halogens is 2. The van der Waals surface area contributed by atoms with Crippen molar-refractivity contribution in [2.24, 2.45) is 0 Å². The number of hydrogen-bond donors (Lipinski definition) is 3. The fourth-order valence-electron chi connectivity index (χ4n) is 2.89. The molecule has 0 radical (unpaired) electrons. The molecule has 0 spiro atoms. The standard InChI is InChI=1S/C21H15BrClN5OS/c1-11-5-17-18(8-16(11)23)27-19(26-17)12-3-2-4-15(7-12)25-21(30)28-20(29)13-6-14(22)10-24-9-13/h2-10H,1H3,(H,26,27)(H2,25,28,29,30). The molecule has 0 bridgehead atoms. The van der Waals surface area contributed by atoms with E-state index < -0.39 is 0 Å². The van der Waals surface area contributed by atoms with Crippen LogP contribution in [0, 0.1) is 6.92 Å². The number of H-pyrrole nitrogens is 1. The normalized spacial score (nSPS) is 10.8. The van der Waals surface area contributed by atoms with Crippen molar-refractivity contribution in [3.63, 3.8) is 0 Å². The predicted molar refractivity (Wildman–Crippen MR) is 127 cm³/mol. The van der Waals surface area contributed by atoms with Crippen LogP contribution in [0.15, 0.2) is 59.3 Å². The smallest absolute Gasteiger partial charge is 0.259 e. The summed E-state index contributed by atoms with van der Waals surface area (Å²) in [5, 5.41) is 6.53. The Morgan fingerprint density at radius 1 is 1.20 bits per heavy atom. The monoisotopic (exact) mass is 499 g/mol. The maximum absolute atomic E-state index is 12.3. The quantitative estimate of drug-likeness (QED) is 0.325. The summed E-state index contributed by atoms with van der Waals surface area (Å²) < 4.78 is 0.712. The minimum Gasteiger partial charge on any atom is -0.338 e. The Balaban J connectivity index is 1.51. The molecule has 9 heteroatoms. The molecular weight excluding hydrogens is 486 g/mol. The zero-order chi connectivity index (χ0) is 21.3. The third-order valence-corrected chi connectivity index (χ3v) is 5.40. The number of anilines is 1. The lowest BCUT2D eigenvalue weighted by atomic mass is 10.2. The van der Waals surface area contributed by atoms with Crippen LogP contribution in [0.2, 0.25) is 5.02 Å². The van der Waals surface area contributed by atoms with Gasteiger partial charge in [-0.15, -0.1) is 0 Å². The van der Waals surface area contributed by atoms with E-state index in [0.717, 1.165) is 27.8 Å². The minimum absolute atomic E-state index is 0.184. The second-order valence-electron chi connectivity index (χ2n) is 6.58. The summed E-state index contributed by atoms with van der Waals surface area (Å²) in [6, 6.07) is 13.0. The number of pyridine rings is 1. The molecule has 4 rings (SSSR count). The first-order chi connectivity index (χ1) is 14.4. The van der Waals surface area contributed by atoms with Crippen molar-refractivity contribution in [1.29, 1.82) is 0 Å². The number of nitrogens with zero attached hydrogens (tertiary/aromatic N) is 2. The summed E-state index contributed by atoms with van der Waals surface area (Å²) in [5.74, 6) is 0.368. The van der Waals surface area contributed by atoms with E-state index in [9.17, 15) is 4.79 Å². The van der Waals surface area contributed by atoms with Gasteiger partial charge in [0.2, 0.25) is 0 Å². The summed E-state index contributed by atoms with van der Waals surface area (Å²) in [6.45, 7) is 1.95. The molecule has 0 aliphatic rings. The Bertz CT molecular complexity index is 1250. The van der Waals surface area contributed by atoms with Crippen molar-refractivity contribution in [2.45, 2.75) is 6.92 Å². The number of carbonyl (C=O) groups is 1. The summed E-state index contributed by atoms with van der Waals surface area (Å²) in [6.07, 6.45) is 3.07.